The Morgan fingerprint density at radius 2 is 1.76 bits per heavy atom. The lowest BCUT2D eigenvalue weighted by Gasteiger charge is -2.34. The van der Waals surface area contributed by atoms with Crippen LogP contribution in [0.1, 0.15) is 31.7 Å². The zero-order chi connectivity index (χ0) is 22.6. The molecule has 8 heteroatoms. The van der Waals surface area contributed by atoms with Gasteiger partial charge in [0.2, 0.25) is 5.91 Å². The van der Waals surface area contributed by atoms with Crippen molar-refractivity contribution in [2.24, 2.45) is 10.9 Å². The molecule has 33 heavy (non-hydrogen) atoms. The Hall–Kier alpha value is -1.39. The molecule has 2 aliphatic heterocycles. The SMILES string of the molecule is CCN1CCN(CCCCNC(=NC)NCC2CC(=O)N(CCc3ccccc3)C2)CC1.I. The first kappa shape index (κ1) is 27.9. The van der Waals surface area contributed by atoms with Crippen LogP contribution in [-0.2, 0) is 11.2 Å². The van der Waals surface area contributed by atoms with Gasteiger partial charge in [-0.3, -0.25) is 9.79 Å². The highest BCUT2D eigenvalue weighted by molar-refractivity contribution is 14.0. The van der Waals surface area contributed by atoms with Crippen LogP contribution in [0.2, 0.25) is 0 Å². The quantitative estimate of drug-likeness (QED) is 0.185. The van der Waals surface area contributed by atoms with Crippen molar-refractivity contribution in [1.82, 2.24) is 25.3 Å². The fraction of sp³-hybridized carbons (Fsp3) is 0.680. The Balaban J connectivity index is 0.00000385. The number of amides is 1. The van der Waals surface area contributed by atoms with Gasteiger partial charge < -0.3 is 25.3 Å². The van der Waals surface area contributed by atoms with Crippen LogP contribution in [0.4, 0.5) is 0 Å². The Morgan fingerprint density at radius 1 is 1.03 bits per heavy atom. The Bertz CT molecular complexity index is 708. The van der Waals surface area contributed by atoms with Crippen LogP contribution in [0.15, 0.2) is 35.3 Å². The van der Waals surface area contributed by atoms with Gasteiger partial charge in [-0.15, -0.1) is 24.0 Å². The van der Waals surface area contributed by atoms with E-state index in [1.54, 1.807) is 0 Å². The van der Waals surface area contributed by atoms with E-state index in [1.807, 2.05) is 18.0 Å². The van der Waals surface area contributed by atoms with Crippen LogP contribution >= 0.6 is 24.0 Å². The summed E-state index contributed by atoms with van der Waals surface area (Å²) < 4.78 is 0. The third kappa shape index (κ3) is 9.78. The third-order valence-corrected chi connectivity index (χ3v) is 6.70. The highest BCUT2D eigenvalue weighted by Gasteiger charge is 2.29. The number of hydrogen-bond acceptors (Lipinski definition) is 4. The maximum atomic E-state index is 12.4. The van der Waals surface area contributed by atoms with E-state index >= 15 is 0 Å². The second kappa shape index (κ2) is 15.5. The summed E-state index contributed by atoms with van der Waals surface area (Å²) in [4.78, 5) is 23.8. The van der Waals surface area contributed by atoms with Crippen molar-refractivity contribution in [3.63, 3.8) is 0 Å². The highest BCUT2D eigenvalue weighted by atomic mass is 127. The van der Waals surface area contributed by atoms with Crippen molar-refractivity contribution in [3.05, 3.63) is 35.9 Å². The van der Waals surface area contributed by atoms with Crippen LogP contribution in [0.25, 0.3) is 0 Å². The molecule has 1 aromatic rings. The first-order valence-corrected chi connectivity index (χ1v) is 12.4. The summed E-state index contributed by atoms with van der Waals surface area (Å²) >= 11 is 0. The van der Waals surface area contributed by atoms with E-state index in [0.29, 0.717) is 12.3 Å². The molecule has 1 unspecified atom stereocenters. The predicted molar refractivity (Wildman–Crippen MR) is 147 cm³/mol. The van der Waals surface area contributed by atoms with Crippen molar-refractivity contribution in [2.45, 2.75) is 32.6 Å². The first-order valence-electron chi connectivity index (χ1n) is 12.4. The van der Waals surface area contributed by atoms with E-state index in [2.05, 4.69) is 56.6 Å². The van der Waals surface area contributed by atoms with Crippen molar-refractivity contribution in [2.75, 3.05) is 72.5 Å². The average molecular weight is 571 g/mol. The molecular formula is C25H43IN6O. The Kier molecular flexibility index (Phi) is 13.1. The third-order valence-electron chi connectivity index (χ3n) is 6.70. The van der Waals surface area contributed by atoms with Gasteiger partial charge in [0.15, 0.2) is 5.96 Å². The number of halogens is 1. The summed E-state index contributed by atoms with van der Waals surface area (Å²) in [7, 11) is 1.81. The van der Waals surface area contributed by atoms with E-state index in [1.165, 1.54) is 51.3 Å². The molecule has 2 fully saturated rings. The van der Waals surface area contributed by atoms with Crippen molar-refractivity contribution in [3.8, 4) is 0 Å². The second-order valence-corrected chi connectivity index (χ2v) is 9.01. The lowest BCUT2D eigenvalue weighted by Crippen LogP contribution is -2.46. The molecule has 0 spiro atoms. The number of likely N-dealkylation sites (N-methyl/N-ethyl adjacent to an activating group) is 1. The van der Waals surface area contributed by atoms with E-state index in [9.17, 15) is 4.79 Å². The van der Waals surface area contributed by atoms with E-state index in [4.69, 9.17) is 0 Å². The number of rotatable bonds is 11. The molecule has 1 atom stereocenters. The van der Waals surface area contributed by atoms with Gasteiger partial charge in [-0.05, 0) is 37.9 Å². The maximum Gasteiger partial charge on any atom is 0.223 e. The fourth-order valence-electron chi connectivity index (χ4n) is 4.57. The lowest BCUT2D eigenvalue weighted by atomic mass is 10.1. The molecule has 2 N–H and O–H groups in total. The lowest BCUT2D eigenvalue weighted by molar-refractivity contribution is -0.127. The average Bonchev–Trinajstić information content (AvgIpc) is 3.19. The van der Waals surface area contributed by atoms with Gasteiger partial charge in [-0.2, -0.15) is 0 Å². The number of benzene rings is 1. The molecule has 0 saturated carbocycles. The molecular weight excluding hydrogens is 527 g/mol. The number of likely N-dealkylation sites (tertiary alicyclic amines) is 1. The zero-order valence-corrected chi connectivity index (χ0v) is 22.8. The van der Waals surface area contributed by atoms with Gasteiger partial charge >= 0.3 is 0 Å². The standard InChI is InChI=1S/C25H42N6O.HI/c1-3-29-15-17-30(18-16-29)13-8-7-12-27-25(26-2)28-20-23-19-24(32)31(21-23)14-11-22-9-5-4-6-10-22;/h4-6,9-10,23H,3,7-8,11-21H2,1-2H3,(H2,26,27,28);1H. The molecule has 0 aliphatic carbocycles. The number of guanidine groups is 1. The maximum absolute atomic E-state index is 12.4. The predicted octanol–water partition coefficient (Wildman–Crippen LogP) is 2.28. The molecule has 0 radical (unpaired) electrons. The van der Waals surface area contributed by atoms with Crippen LogP contribution in [0, 0.1) is 5.92 Å². The first-order chi connectivity index (χ1) is 15.7. The summed E-state index contributed by atoms with van der Waals surface area (Å²) in [5.74, 6) is 1.46. The number of carbonyl (C=O) groups is 1. The van der Waals surface area contributed by atoms with Gasteiger partial charge in [-0.25, -0.2) is 0 Å². The number of unbranched alkanes of at least 4 members (excludes halogenated alkanes) is 1. The molecule has 3 rings (SSSR count). The molecule has 2 saturated heterocycles. The molecule has 1 amide bonds. The van der Waals surface area contributed by atoms with E-state index in [0.717, 1.165) is 45.0 Å². The van der Waals surface area contributed by atoms with Crippen LogP contribution in [0.5, 0.6) is 0 Å². The summed E-state index contributed by atoms with van der Waals surface area (Å²) in [6, 6.07) is 10.4. The molecule has 2 heterocycles. The smallest absolute Gasteiger partial charge is 0.223 e. The molecule has 2 aliphatic rings. The van der Waals surface area contributed by atoms with Gasteiger partial charge in [-0.1, -0.05) is 37.3 Å². The minimum Gasteiger partial charge on any atom is -0.356 e. The van der Waals surface area contributed by atoms with Crippen molar-refractivity contribution in [1.29, 1.82) is 0 Å². The number of carbonyl (C=O) groups excluding carboxylic acids is 1. The largest absolute Gasteiger partial charge is 0.356 e. The van der Waals surface area contributed by atoms with Gasteiger partial charge in [0.05, 0.1) is 0 Å². The van der Waals surface area contributed by atoms with Crippen molar-refractivity contribution < 1.29 is 4.79 Å². The number of nitrogens with zero attached hydrogens (tertiary/aromatic N) is 4. The van der Waals surface area contributed by atoms with Gasteiger partial charge in [0, 0.05) is 71.7 Å². The Labute approximate surface area is 217 Å². The highest BCUT2D eigenvalue weighted by Crippen LogP contribution is 2.17. The van der Waals surface area contributed by atoms with Crippen LogP contribution in [0.3, 0.4) is 0 Å². The van der Waals surface area contributed by atoms with E-state index < -0.39 is 0 Å². The summed E-state index contributed by atoms with van der Waals surface area (Å²) in [5, 5.41) is 6.85. The molecule has 0 bridgehead atoms. The summed E-state index contributed by atoms with van der Waals surface area (Å²) in [5.41, 5.74) is 1.29. The molecule has 0 aromatic heterocycles. The topological polar surface area (TPSA) is 63.2 Å². The minimum atomic E-state index is 0. The summed E-state index contributed by atoms with van der Waals surface area (Å²) in [6.45, 7) is 12.8. The van der Waals surface area contributed by atoms with Gasteiger partial charge in [0.1, 0.15) is 0 Å². The van der Waals surface area contributed by atoms with Gasteiger partial charge in [0.25, 0.3) is 0 Å². The molecule has 7 nitrogen and oxygen atoms in total. The van der Waals surface area contributed by atoms with E-state index in [-0.39, 0.29) is 29.9 Å². The number of aliphatic imine (C=N–C) groups is 1. The minimum absolute atomic E-state index is 0. The van der Waals surface area contributed by atoms with Crippen molar-refractivity contribution >= 4 is 35.8 Å². The number of piperazine rings is 1. The number of hydrogen-bond donors (Lipinski definition) is 2. The molecule has 186 valence electrons. The fourth-order valence-corrected chi connectivity index (χ4v) is 4.57. The zero-order valence-electron chi connectivity index (χ0n) is 20.5. The molecule has 1 aromatic carbocycles. The normalized spacial score (nSPS) is 20.1. The monoisotopic (exact) mass is 570 g/mol. The Morgan fingerprint density at radius 3 is 2.45 bits per heavy atom. The summed E-state index contributed by atoms with van der Waals surface area (Å²) in [6.07, 6.45) is 3.90. The second-order valence-electron chi connectivity index (χ2n) is 9.01. The van der Waals surface area contributed by atoms with Crippen LogP contribution < -0.4 is 10.6 Å². The van der Waals surface area contributed by atoms with Crippen LogP contribution in [-0.4, -0.2) is 99.1 Å². The number of nitrogens with one attached hydrogen (secondary N) is 2.